The molecule has 0 aliphatic heterocycles. The van der Waals surface area contributed by atoms with Gasteiger partial charge in [-0.25, -0.2) is 0 Å². The number of hydrogen-bond donors (Lipinski definition) is 0. The van der Waals surface area contributed by atoms with Crippen LogP contribution in [0.1, 0.15) is 45.4 Å². The molecule has 0 amide bonds. The first-order valence-corrected chi connectivity index (χ1v) is 4.48. The molecular formula is C10H16O. The molecule has 0 radical (unpaired) electrons. The summed E-state index contributed by atoms with van der Waals surface area (Å²) in [6.45, 7) is 2.09. The van der Waals surface area contributed by atoms with Gasteiger partial charge in [0.15, 0.2) is 0 Å². The minimum absolute atomic E-state index is 1.01. The van der Waals surface area contributed by atoms with Gasteiger partial charge in [-0.15, -0.1) is 0 Å². The maximum absolute atomic E-state index is 10.6. The van der Waals surface area contributed by atoms with Crippen molar-refractivity contribution in [2.24, 2.45) is 0 Å². The Morgan fingerprint density at radius 3 is 2.36 bits per heavy atom. The van der Waals surface area contributed by atoms with E-state index < -0.39 is 0 Å². The summed E-state index contributed by atoms with van der Waals surface area (Å²) in [5, 5.41) is 0. The van der Waals surface area contributed by atoms with Crippen LogP contribution in [0.4, 0.5) is 0 Å². The molecule has 1 aliphatic rings. The fourth-order valence-electron chi connectivity index (χ4n) is 1.59. The fourth-order valence-corrected chi connectivity index (χ4v) is 1.59. The van der Waals surface area contributed by atoms with Crippen molar-refractivity contribution in [2.45, 2.75) is 45.4 Å². The van der Waals surface area contributed by atoms with Gasteiger partial charge < -0.3 is 0 Å². The van der Waals surface area contributed by atoms with E-state index in [0.717, 1.165) is 24.7 Å². The molecular weight excluding hydrogens is 136 g/mol. The molecule has 0 fully saturated rings. The quantitative estimate of drug-likeness (QED) is 0.528. The van der Waals surface area contributed by atoms with Gasteiger partial charge in [-0.1, -0.05) is 18.4 Å². The number of carbonyl (C=O) groups is 1. The molecule has 0 heterocycles. The lowest BCUT2D eigenvalue weighted by molar-refractivity contribution is -0.105. The van der Waals surface area contributed by atoms with Gasteiger partial charge in [0.2, 0.25) is 0 Å². The van der Waals surface area contributed by atoms with Gasteiger partial charge in [0.1, 0.15) is 6.29 Å². The fraction of sp³-hybridized carbons (Fsp3) is 0.700. The molecule has 0 aromatic rings. The number of aldehydes is 1. The Bertz CT molecular complexity index is 168. The Balaban J connectivity index is 2.63. The summed E-state index contributed by atoms with van der Waals surface area (Å²) in [5.74, 6) is 0. The second-order valence-corrected chi connectivity index (χ2v) is 3.34. The van der Waals surface area contributed by atoms with E-state index >= 15 is 0 Å². The second-order valence-electron chi connectivity index (χ2n) is 3.34. The van der Waals surface area contributed by atoms with Crippen molar-refractivity contribution in [1.82, 2.24) is 0 Å². The summed E-state index contributed by atoms with van der Waals surface area (Å²) in [5.41, 5.74) is 2.38. The van der Waals surface area contributed by atoms with Crippen LogP contribution in [0.15, 0.2) is 11.1 Å². The van der Waals surface area contributed by atoms with Crippen molar-refractivity contribution in [3.05, 3.63) is 11.1 Å². The van der Waals surface area contributed by atoms with E-state index in [1.54, 1.807) is 0 Å². The average Bonchev–Trinajstić information content (AvgIpc) is 1.98. The van der Waals surface area contributed by atoms with Crippen LogP contribution in [-0.2, 0) is 4.79 Å². The molecule has 0 unspecified atom stereocenters. The van der Waals surface area contributed by atoms with Crippen LogP contribution in [0, 0.1) is 0 Å². The van der Waals surface area contributed by atoms with E-state index in [4.69, 9.17) is 0 Å². The highest BCUT2D eigenvalue weighted by atomic mass is 16.1. The molecule has 0 saturated heterocycles. The molecule has 0 atom stereocenters. The predicted octanol–water partition coefficient (Wildman–Crippen LogP) is 2.86. The Labute approximate surface area is 68.5 Å². The zero-order valence-electron chi connectivity index (χ0n) is 7.23. The number of hydrogen-bond acceptors (Lipinski definition) is 1. The minimum atomic E-state index is 1.01. The van der Waals surface area contributed by atoms with Gasteiger partial charge in [-0.05, 0) is 38.2 Å². The Kier molecular flexibility index (Phi) is 3.34. The van der Waals surface area contributed by atoms with E-state index in [9.17, 15) is 4.79 Å². The van der Waals surface area contributed by atoms with Crippen LogP contribution in [0.3, 0.4) is 0 Å². The molecule has 1 heteroatoms. The summed E-state index contributed by atoms with van der Waals surface area (Å²) in [7, 11) is 0. The highest BCUT2D eigenvalue weighted by molar-refractivity contribution is 5.74. The third-order valence-corrected chi connectivity index (χ3v) is 2.44. The first kappa shape index (κ1) is 8.51. The average molecular weight is 152 g/mol. The van der Waals surface area contributed by atoms with E-state index in [0.29, 0.717) is 0 Å². The standard InChI is InChI=1S/C10H16O/c1-9-6-4-2-3-5-7-10(9)8-11/h8H,2-7H2,1H3. The summed E-state index contributed by atoms with van der Waals surface area (Å²) in [6, 6.07) is 0. The smallest absolute Gasteiger partial charge is 0.145 e. The lowest BCUT2D eigenvalue weighted by Gasteiger charge is -2.10. The largest absolute Gasteiger partial charge is 0.298 e. The minimum Gasteiger partial charge on any atom is -0.298 e. The van der Waals surface area contributed by atoms with Gasteiger partial charge in [-0.2, -0.15) is 0 Å². The SMILES string of the molecule is CC1=C(C=O)CCCCCC1. The molecule has 0 bridgehead atoms. The lowest BCUT2D eigenvalue weighted by Crippen LogP contribution is -1.95. The summed E-state index contributed by atoms with van der Waals surface area (Å²) in [6.07, 6.45) is 8.28. The molecule has 0 aromatic heterocycles. The summed E-state index contributed by atoms with van der Waals surface area (Å²) < 4.78 is 0. The predicted molar refractivity (Wildman–Crippen MR) is 46.5 cm³/mol. The summed E-state index contributed by atoms with van der Waals surface area (Å²) >= 11 is 0. The van der Waals surface area contributed by atoms with Crippen molar-refractivity contribution in [3.63, 3.8) is 0 Å². The molecule has 1 rings (SSSR count). The first-order chi connectivity index (χ1) is 5.34. The van der Waals surface area contributed by atoms with Gasteiger partial charge >= 0.3 is 0 Å². The Morgan fingerprint density at radius 1 is 1.09 bits per heavy atom. The maximum atomic E-state index is 10.6. The van der Waals surface area contributed by atoms with E-state index in [1.807, 2.05) is 0 Å². The van der Waals surface area contributed by atoms with Gasteiger partial charge in [0.25, 0.3) is 0 Å². The maximum Gasteiger partial charge on any atom is 0.145 e. The topological polar surface area (TPSA) is 17.1 Å². The van der Waals surface area contributed by atoms with Gasteiger partial charge in [-0.3, -0.25) is 4.79 Å². The van der Waals surface area contributed by atoms with Crippen LogP contribution in [0.5, 0.6) is 0 Å². The number of rotatable bonds is 1. The van der Waals surface area contributed by atoms with E-state index in [1.165, 1.54) is 31.3 Å². The lowest BCUT2D eigenvalue weighted by atomic mass is 9.95. The number of carbonyl (C=O) groups excluding carboxylic acids is 1. The van der Waals surface area contributed by atoms with E-state index in [2.05, 4.69) is 6.92 Å². The van der Waals surface area contributed by atoms with Crippen molar-refractivity contribution in [3.8, 4) is 0 Å². The molecule has 0 spiro atoms. The van der Waals surface area contributed by atoms with Crippen LogP contribution in [0.2, 0.25) is 0 Å². The van der Waals surface area contributed by atoms with Crippen molar-refractivity contribution in [2.75, 3.05) is 0 Å². The van der Waals surface area contributed by atoms with Crippen LogP contribution in [-0.4, -0.2) is 6.29 Å². The second kappa shape index (κ2) is 4.32. The molecule has 1 nitrogen and oxygen atoms in total. The third-order valence-electron chi connectivity index (χ3n) is 2.44. The monoisotopic (exact) mass is 152 g/mol. The summed E-state index contributed by atoms with van der Waals surface area (Å²) in [4.78, 5) is 10.6. The highest BCUT2D eigenvalue weighted by Crippen LogP contribution is 2.20. The normalized spacial score (nSPS) is 20.8. The third kappa shape index (κ3) is 2.49. The molecule has 0 saturated carbocycles. The molecule has 1 aliphatic carbocycles. The molecule has 0 aromatic carbocycles. The first-order valence-electron chi connectivity index (χ1n) is 4.48. The molecule has 0 N–H and O–H groups in total. The van der Waals surface area contributed by atoms with Crippen molar-refractivity contribution < 1.29 is 4.79 Å². The Hall–Kier alpha value is -0.590. The van der Waals surface area contributed by atoms with Crippen LogP contribution in [0.25, 0.3) is 0 Å². The van der Waals surface area contributed by atoms with Crippen LogP contribution >= 0.6 is 0 Å². The van der Waals surface area contributed by atoms with Crippen molar-refractivity contribution >= 4 is 6.29 Å². The molecule has 11 heavy (non-hydrogen) atoms. The molecule has 62 valence electrons. The van der Waals surface area contributed by atoms with Crippen LogP contribution < -0.4 is 0 Å². The zero-order valence-corrected chi connectivity index (χ0v) is 7.23. The van der Waals surface area contributed by atoms with Gasteiger partial charge in [0, 0.05) is 0 Å². The highest BCUT2D eigenvalue weighted by Gasteiger charge is 2.04. The van der Waals surface area contributed by atoms with Gasteiger partial charge in [0.05, 0.1) is 0 Å². The van der Waals surface area contributed by atoms with E-state index in [-0.39, 0.29) is 0 Å². The Morgan fingerprint density at radius 2 is 1.73 bits per heavy atom. The zero-order chi connectivity index (χ0) is 8.10. The van der Waals surface area contributed by atoms with Crippen molar-refractivity contribution in [1.29, 1.82) is 0 Å². The number of allylic oxidation sites excluding steroid dienone is 2.